The van der Waals surface area contributed by atoms with Gasteiger partial charge in [0.2, 0.25) is 5.91 Å². The Morgan fingerprint density at radius 2 is 1.93 bits per heavy atom. The van der Waals surface area contributed by atoms with E-state index in [2.05, 4.69) is 22.2 Å². The Bertz CT molecular complexity index is 968. The number of carbonyl (C=O) groups excluding carboxylic acids is 1. The topological polar surface area (TPSA) is 48.5 Å². The average Bonchev–Trinajstić information content (AvgIpc) is 3.11. The van der Waals surface area contributed by atoms with E-state index in [1.165, 1.54) is 11.8 Å². The Balaban J connectivity index is 1.38. The summed E-state index contributed by atoms with van der Waals surface area (Å²) in [7, 11) is 2.15. The maximum atomic E-state index is 12.3. The first-order valence-corrected chi connectivity index (χ1v) is 11.3. The minimum atomic E-state index is -0.0249. The molecule has 0 radical (unpaired) electrons. The van der Waals surface area contributed by atoms with E-state index in [1.807, 2.05) is 42.5 Å². The van der Waals surface area contributed by atoms with E-state index in [0.717, 1.165) is 52.1 Å². The first kappa shape index (κ1) is 19.5. The van der Waals surface area contributed by atoms with Crippen LogP contribution in [0.2, 0.25) is 5.02 Å². The highest BCUT2D eigenvalue weighted by atomic mass is 35.5. The lowest BCUT2D eigenvalue weighted by atomic mass is 10.3. The maximum Gasteiger partial charge on any atom is 0.234 e. The Hall–Kier alpha value is -1.80. The molecule has 0 unspecified atom stereocenters. The molecule has 1 fully saturated rings. The van der Waals surface area contributed by atoms with Gasteiger partial charge >= 0.3 is 0 Å². The molecule has 1 amide bonds. The van der Waals surface area contributed by atoms with Crippen molar-refractivity contribution in [2.75, 3.05) is 49.2 Å². The third-order valence-corrected chi connectivity index (χ3v) is 6.96. The molecule has 8 heteroatoms. The lowest BCUT2D eigenvalue weighted by molar-refractivity contribution is -0.113. The Kier molecular flexibility index (Phi) is 6.06. The molecule has 1 aliphatic heterocycles. The van der Waals surface area contributed by atoms with Gasteiger partial charge in [0.1, 0.15) is 0 Å². The fourth-order valence-corrected chi connectivity index (χ4v) is 4.88. The molecule has 0 bridgehead atoms. The van der Waals surface area contributed by atoms with Crippen molar-refractivity contribution in [3.05, 3.63) is 47.5 Å². The van der Waals surface area contributed by atoms with Crippen LogP contribution in [-0.4, -0.2) is 54.8 Å². The summed E-state index contributed by atoms with van der Waals surface area (Å²) >= 11 is 9.07. The van der Waals surface area contributed by atoms with Gasteiger partial charge in [-0.1, -0.05) is 22.9 Å². The van der Waals surface area contributed by atoms with E-state index < -0.39 is 0 Å². The monoisotopic (exact) mass is 432 g/mol. The molecule has 1 N–H and O–H groups in total. The number of fused-ring (bicyclic) bond motifs is 1. The first-order chi connectivity index (χ1) is 13.6. The van der Waals surface area contributed by atoms with Crippen LogP contribution in [0.4, 0.5) is 10.8 Å². The second-order valence-corrected chi connectivity index (χ2v) is 9.25. The summed E-state index contributed by atoms with van der Waals surface area (Å²) in [4.78, 5) is 22.7. The van der Waals surface area contributed by atoms with Gasteiger partial charge in [0.25, 0.3) is 0 Å². The lowest BCUT2D eigenvalue weighted by Crippen LogP contribution is -2.44. The van der Waals surface area contributed by atoms with Gasteiger partial charge in [-0.15, -0.1) is 11.8 Å². The van der Waals surface area contributed by atoms with E-state index >= 15 is 0 Å². The number of amides is 1. The van der Waals surface area contributed by atoms with Gasteiger partial charge in [-0.05, 0) is 49.5 Å². The predicted octanol–water partition coefficient (Wildman–Crippen LogP) is 4.43. The number of thiazole rings is 1. The van der Waals surface area contributed by atoms with Crippen LogP contribution in [0.1, 0.15) is 0 Å². The SMILES string of the molecule is CN1CCN(c2nc3ccc(NC(=O)CSc4ccc(Cl)cc4)cc3s2)CC1. The summed E-state index contributed by atoms with van der Waals surface area (Å²) in [6.07, 6.45) is 0. The molecular formula is C20H21ClN4OS2. The van der Waals surface area contributed by atoms with Gasteiger partial charge in [-0.25, -0.2) is 4.98 Å². The number of nitrogens with zero attached hydrogens (tertiary/aromatic N) is 3. The molecule has 1 aliphatic rings. The van der Waals surface area contributed by atoms with Gasteiger partial charge in [0, 0.05) is 41.8 Å². The number of hydrogen-bond acceptors (Lipinski definition) is 6. The van der Waals surface area contributed by atoms with E-state index in [1.54, 1.807) is 11.3 Å². The molecule has 3 aromatic rings. The number of likely N-dealkylation sites (N-methyl/N-ethyl adjacent to an activating group) is 1. The largest absolute Gasteiger partial charge is 0.345 e. The standard InChI is InChI=1S/C20H21ClN4OS2/c1-24-8-10-25(11-9-24)20-23-17-7-4-15(12-18(17)28-20)22-19(26)13-27-16-5-2-14(21)3-6-16/h2-7,12H,8-11,13H2,1H3,(H,22,26). The predicted molar refractivity (Wildman–Crippen MR) is 120 cm³/mol. The van der Waals surface area contributed by atoms with E-state index in [-0.39, 0.29) is 5.91 Å². The number of anilines is 2. The van der Waals surface area contributed by atoms with Gasteiger partial charge in [-0.3, -0.25) is 4.79 Å². The molecule has 2 aromatic carbocycles. The first-order valence-electron chi connectivity index (χ1n) is 9.09. The molecule has 146 valence electrons. The van der Waals surface area contributed by atoms with E-state index in [4.69, 9.17) is 16.6 Å². The van der Waals surface area contributed by atoms with Gasteiger partial charge < -0.3 is 15.1 Å². The fourth-order valence-electron chi connectivity index (χ4n) is 3.00. The summed E-state index contributed by atoms with van der Waals surface area (Å²) in [6, 6.07) is 13.4. The van der Waals surface area contributed by atoms with Gasteiger partial charge in [-0.2, -0.15) is 0 Å². The molecule has 0 atom stereocenters. The molecular weight excluding hydrogens is 412 g/mol. The van der Waals surface area contributed by atoms with Crippen LogP contribution in [0.25, 0.3) is 10.2 Å². The third-order valence-electron chi connectivity index (χ3n) is 4.62. The number of halogens is 1. The van der Waals surface area contributed by atoms with Crippen molar-refractivity contribution < 1.29 is 4.79 Å². The zero-order chi connectivity index (χ0) is 19.5. The molecule has 0 saturated carbocycles. The number of nitrogens with one attached hydrogen (secondary N) is 1. The zero-order valence-corrected chi connectivity index (χ0v) is 17.9. The highest BCUT2D eigenvalue weighted by Gasteiger charge is 2.17. The van der Waals surface area contributed by atoms with Crippen molar-refractivity contribution in [2.24, 2.45) is 0 Å². The van der Waals surface area contributed by atoms with Crippen molar-refractivity contribution >= 4 is 61.6 Å². The molecule has 28 heavy (non-hydrogen) atoms. The second-order valence-electron chi connectivity index (χ2n) is 6.76. The van der Waals surface area contributed by atoms with E-state index in [0.29, 0.717) is 10.8 Å². The van der Waals surface area contributed by atoms with Crippen molar-refractivity contribution in [3.63, 3.8) is 0 Å². The zero-order valence-electron chi connectivity index (χ0n) is 15.5. The van der Waals surface area contributed by atoms with Crippen LogP contribution in [0.3, 0.4) is 0 Å². The summed E-state index contributed by atoms with van der Waals surface area (Å²) in [5, 5.41) is 4.74. The lowest BCUT2D eigenvalue weighted by Gasteiger charge is -2.31. The molecule has 0 spiro atoms. The average molecular weight is 433 g/mol. The quantitative estimate of drug-likeness (QED) is 0.604. The molecule has 0 aliphatic carbocycles. The highest BCUT2D eigenvalue weighted by Crippen LogP contribution is 2.31. The normalized spacial score (nSPS) is 15.1. The number of thioether (sulfide) groups is 1. The summed E-state index contributed by atoms with van der Waals surface area (Å²) < 4.78 is 1.09. The summed E-state index contributed by atoms with van der Waals surface area (Å²) in [5.41, 5.74) is 1.79. The molecule has 1 saturated heterocycles. The molecule has 1 aromatic heterocycles. The van der Waals surface area contributed by atoms with Crippen molar-refractivity contribution in [3.8, 4) is 0 Å². The maximum absolute atomic E-state index is 12.3. The summed E-state index contributed by atoms with van der Waals surface area (Å²) in [5.74, 6) is 0.331. The van der Waals surface area contributed by atoms with Crippen LogP contribution >= 0.6 is 34.7 Å². The van der Waals surface area contributed by atoms with Crippen LogP contribution in [0.15, 0.2) is 47.4 Å². The Morgan fingerprint density at radius 3 is 2.68 bits per heavy atom. The van der Waals surface area contributed by atoms with Gasteiger partial charge in [0.15, 0.2) is 5.13 Å². The number of carbonyl (C=O) groups is 1. The molecule has 2 heterocycles. The minimum absolute atomic E-state index is 0.0249. The number of hydrogen-bond donors (Lipinski definition) is 1. The third kappa shape index (κ3) is 4.78. The molecule has 5 nitrogen and oxygen atoms in total. The van der Waals surface area contributed by atoms with Crippen LogP contribution in [-0.2, 0) is 4.79 Å². The van der Waals surface area contributed by atoms with Gasteiger partial charge in [0.05, 0.1) is 16.0 Å². The Morgan fingerprint density at radius 1 is 1.18 bits per heavy atom. The van der Waals surface area contributed by atoms with Crippen LogP contribution in [0, 0.1) is 0 Å². The summed E-state index contributed by atoms with van der Waals surface area (Å²) in [6.45, 7) is 4.12. The van der Waals surface area contributed by atoms with Crippen molar-refractivity contribution in [1.29, 1.82) is 0 Å². The minimum Gasteiger partial charge on any atom is -0.345 e. The van der Waals surface area contributed by atoms with Crippen molar-refractivity contribution in [2.45, 2.75) is 4.90 Å². The molecule has 4 rings (SSSR count). The number of rotatable bonds is 5. The fraction of sp³-hybridized carbons (Fsp3) is 0.300. The smallest absolute Gasteiger partial charge is 0.234 e. The Labute approximate surface area is 177 Å². The number of benzene rings is 2. The van der Waals surface area contributed by atoms with E-state index in [9.17, 15) is 4.79 Å². The van der Waals surface area contributed by atoms with Crippen LogP contribution < -0.4 is 10.2 Å². The van der Waals surface area contributed by atoms with Crippen molar-refractivity contribution in [1.82, 2.24) is 9.88 Å². The second kappa shape index (κ2) is 8.69. The van der Waals surface area contributed by atoms with Crippen LogP contribution in [0.5, 0.6) is 0 Å². The number of aromatic nitrogens is 1. The number of piperazine rings is 1. The highest BCUT2D eigenvalue weighted by molar-refractivity contribution is 8.00.